The fourth-order valence-electron chi connectivity index (χ4n) is 2.49. The molecule has 0 heterocycles. The Bertz CT molecular complexity index is 822. The van der Waals surface area contributed by atoms with Crippen molar-refractivity contribution in [1.82, 2.24) is 0 Å². The summed E-state index contributed by atoms with van der Waals surface area (Å²) in [6, 6.07) is 10.3. The van der Waals surface area contributed by atoms with Gasteiger partial charge in [0.15, 0.2) is 0 Å². The van der Waals surface area contributed by atoms with Crippen LogP contribution >= 0.6 is 11.6 Å². The summed E-state index contributed by atoms with van der Waals surface area (Å²) in [6.45, 7) is 3.83. The van der Waals surface area contributed by atoms with E-state index in [0.29, 0.717) is 39.9 Å². The normalized spacial score (nSPS) is 10.2. The molecule has 6 nitrogen and oxygen atoms in total. The first-order chi connectivity index (χ1) is 12.9. The van der Waals surface area contributed by atoms with Crippen LogP contribution in [-0.2, 0) is 27.4 Å². The first kappa shape index (κ1) is 20.6. The van der Waals surface area contributed by atoms with Crippen LogP contribution in [0.1, 0.15) is 25.0 Å². The quantitative estimate of drug-likeness (QED) is 0.688. The van der Waals surface area contributed by atoms with Crippen LogP contribution in [0, 0.1) is 0 Å². The highest BCUT2D eigenvalue weighted by Gasteiger charge is 2.13. The van der Waals surface area contributed by atoms with Gasteiger partial charge in [-0.15, -0.1) is 0 Å². The molecule has 0 unspecified atom stereocenters. The number of amides is 1. The molecule has 144 valence electrons. The summed E-state index contributed by atoms with van der Waals surface area (Å²) in [5, 5.41) is 3.18. The Kier molecular flexibility index (Phi) is 7.49. The highest BCUT2D eigenvalue weighted by Crippen LogP contribution is 2.26. The first-order valence-corrected chi connectivity index (χ1v) is 8.82. The summed E-state index contributed by atoms with van der Waals surface area (Å²) in [5.74, 6) is 0.583. The highest BCUT2D eigenvalue weighted by molar-refractivity contribution is 6.30. The van der Waals surface area contributed by atoms with E-state index in [1.807, 2.05) is 6.92 Å². The van der Waals surface area contributed by atoms with Gasteiger partial charge in [-0.1, -0.05) is 17.7 Å². The third-order valence-electron chi connectivity index (χ3n) is 3.67. The minimum atomic E-state index is -0.425. The van der Waals surface area contributed by atoms with Gasteiger partial charge >= 0.3 is 5.97 Å². The maximum Gasteiger partial charge on any atom is 0.310 e. The third-order valence-corrected chi connectivity index (χ3v) is 3.91. The number of nitrogens with one attached hydrogen (secondary N) is 1. The van der Waals surface area contributed by atoms with Crippen molar-refractivity contribution in [3.05, 3.63) is 52.5 Å². The second-order valence-electron chi connectivity index (χ2n) is 5.73. The highest BCUT2D eigenvalue weighted by atomic mass is 35.5. The molecule has 0 aromatic heterocycles. The zero-order valence-corrected chi connectivity index (χ0v) is 16.3. The van der Waals surface area contributed by atoms with Crippen LogP contribution < -0.4 is 14.8 Å². The molecule has 27 heavy (non-hydrogen) atoms. The molecule has 7 heteroatoms. The van der Waals surface area contributed by atoms with Crippen molar-refractivity contribution in [2.75, 3.05) is 19.0 Å². The molecule has 1 N–H and O–H groups in total. The van der Waals surface area contributed by atoms with E-state index in [-0.39, 0.29) is 18.9 Å². The first-order valence-electron chi connectivity index (χ1n) is 8.44. The summed E-state index contributed by atoms with van der Waals surface area (Å²) in [4.78, 5) is 23.6. The number of carbonyl (C=O) groups is 2. The maximum absolute atomic E-state index is 12.3. The Morgan fingerprint density at radius 1 is 1.11 bits per heavy atom. The zero-order chi connectivity index (χ0) is 19.8. The smallest absolute Gasteiger partial charge is 0.310 e. The molecule has 0 fully saturated rings. The van der Waals surface area contributed by atoms with E-state index < -0.39 is 5.97 Å². The van der Waals surface area contributed by atoms with Crippen molar-refractivity contribution in [3.8, 4) is 11.5 Å². The number of rotatable bonds is 8. The average molecular weight is 392 g/mol. The molecule has 2 aromatic rings. The molecular weight excluding hydrogens is 370 g/mol. The van der Waals surface area contributed by atoms with Crippen molar-refractivity contribution in [3.63, 3.8) is 0 Å². The van der Waals surface area contributed by atoms with Crippen molar-refractivity contribution in [1.29, 1.82) is 0 Å². The van der Waals surface area contributed by atoms with Gasteiger partial charge in [0.05, 0.1) is 20.1 Å². The lowest BCUT2D eigenvalue weighted by atomic mass is 10.1. The second kappa shape index (κ2) is 9.83. The predicted octanol–water partition coefficient (Wildman–Crippen LogP) is 3.99. The van der Waals surface area contributed by atoms with E-state index in [9.17, 15) is 9.59 Å². The van der Waals surface area contributed by atoms with Crippen LogP contribution in [0.4, 0.5) is 5.69 Å². The number of hydrogen-bond acceptors (Lipinski definition) is 5. The standard InChI is InChI=1S/C20H22ClNO5/c1-4-26-17-7-5-14(19(11-17)25-3)10-20(24)27-12-15-9-16(21)6-8-18(15)22-13(2)23/h5-9,11H,4,10,12H2,1-3H3,(H,22,23). The fraction of sp³-hybridized carbons (Fsp3) is 0.300. The van der Waals surface area contributed by atoms with Crippen LogP contribution in [0.5, 0.6) is 11.5 Å². The lowest BCUT2D eigenvalue weighted by Gasteiger charge is -2.13. The fourth-order valence-corrected chi connectivity index (χ4v) is 2.68. The van der Waals surface area contributed by atoms with Gasteiger partial charge in [0.1, 0.15) is 18.1 Å². The molecule has 0 aliphatic heterocycles. The molecule has 2 aromatic carbocycles. The molecule has 0 bridgehead atoms. The monoisotopic (exact) mass is 391 g/mol. The molecule has 2 rings (SSSR count). The number of benzene rings is 2. The van der Waals surface area contributed by atoms with Gasteiger partial charge in [0, 0.05) is 34.8 Å². The zero-order valence-electron chi connectivity index (χ0n) is 15.5. The lowest BCUT2D eigenvalue weighted by Crippen LogP contribution is -2.12. The second-order valence-corrected chi connectivity index (χ2v) is 6.16. The Labute approximate surface area is 163 Å². The van der Waals surface area contributed by atoms with Crippen LogP contribution in [0.15, 0.2) is 36.4 Å². The Hall–Kier alpha value is -2.73. The number of methoxy groups -OCH3 is 1. The summed E-state index contributed by atoms with van der Waals surface area (Å²) in [7, 11) is 1.53. The van der Waals surface area contributed by atoms with E-state index in [1.54, 1.807) is 36.4 Å². The molecule has 0 aliphatic rings. The number of esters is 1. The largest absolute Gasteiger partial charge is 0.496 e. The number of anilines is 1. The molecule has 1 amide bonds. The molecule has 0 saturated carbocycles. The Morgan fingerprint density at radius 2 is 1.89 bits per heavy atom. The van der Waals surface area contributed by atoms with Crippen molar-refractivity contribution in [2.45, 2.75) is 26.9 Å². The molecule has 0 aliphatic carbocycles. The summed E-state index contributed by atoms with van der Waals surface area (Å²) < 4.78 is 16.1. The summed E-state index contributed by atoms with van der Waals surface area (Å²) in [6.07, 6.45) is 0.0472. The van der Waals surface area contributed by atoms with Gasteiger partial charge < -0.3 is 19.5 Å². The minimum absolute atomic E-state index is 0.00560. The molecule has 0 radical (unpaired) electrons. The number of carbonyl (C=O) groups excluding carboxylic acids is 2. The van der Waals surface area contributed by atoms with Crippen LogP contribution in [0.2, 0.25) is 5.02 Å². The van der Waals surface area contributed by atoms with E-state index in [1.165, 1.54) is 14.0 Å². The van der Waals surface area contributed by atoms with E-state index in [2.05, 4.69) is 5.32 Å². The summed E-state index contributed by atoms with van der Waals surface area (Å²) in [5.41, 5.74) is 1.86. The lowest BCUT2D eigenvalue weighted by molar-refractivity contribution is -0.144. The predicted molar refractivity (Wildman–Crippen MR) is 103 cm³/mol. The summed E-state index contributed by atoms with van der Waals surface area (Å²) >= 11 is 6.00. The molecular formula is C20H22ClNO5. The van der Waals surface area contributed by atoms with Crippen LogP contribution in [0.25, 0.3) is 0 Å². The van der Waals surface area contributed by atoms with Gasteiger partial charge in [-0.25, -0.2) is 0 Å². The third kappa shape index (κ3) is 6.18. The van der Waals surface area contributed by atoms with Gasteiger partial charge in [0.25, 0.3) is 0 Å². The van der Waals surface area contributed by atoms with E-state index in [0.717, 1.165) is 0 Å². The minimum Gasteiger partial charge on any atom is -0.496 e. The van der Waals surface area contributed by atoms with Crippen molar-refractivity contribution < 1.29 is 23.8 Å². The van der Waals surface area contributed by atoms with E-state index in [4.69, 9.17) is 25.8 Å². The number of ether oxygens (including phenoxy) is 3. The van der Waals surface area contributed by atoms with Crippen LogP contribution in [-0.4, -0.2) is 25.6 Å². The van der Waals surface area contributed by atoms with Gasteiger partial charge in [-0.2, -0.15) is 0 Å². The van der Waals surface area contributed by atoms with Crippen molar-refractivity contribution in [2.24, 2.45) is 0 Å². The SMILES string of the molecule is CCOc1ccc(CC(=O)OCc2cc(Cl)ccc2NC(C)=O)c(OC)c1. The molecule has 0 saturated heterocycles. The molecule has 0 spiro atoms. The van der Waals surface area contributed by atoms with Gasteiger partial charge in [0.2, 0.25) is 5.91 Å². The topological polar surface area (TPSA) is 73.9 Å². The average Bonchev–Trinajstić information content (AvgIpc) is 2.63. The number of hydrogen-bond donors (Lipinski definition) is 1. The molecule has 0 atom stereocenters. The Balaban J connectivity index is 2.05. The maximum atomic E-state index is 12.3. The van der Waals surface area contributed by atoms with Gasteiger partial charge in [-0.3, -0.25) is 9.59 Å². The van der Waals surface area contributed by atoms with Crippen molar-refractivity contribution >= 4 is 29.2 Å². The Morgan fingerprint density at radius 3 is 2.56 bits per heavy atom. The van der Waals surface area contributed by atoms with E-state index >= 15 is 0 Å². The number of halogens is 1. The van der Waals surface area contributed by atoms with Crippen LogP contribution in [0.3, 0.4) is 0 Å². The van der Waals surface area contributed by atoms with Gasteiger partial charge in [-0.05, 0) is 31.2 Å².